The molecule has 1 aromatic carbocycles. The normalized spacial score (nSPS) is 12.5. The Morgan fingerprint density at radius 1 is 1.29 bits per heavy atom. The minimum atomic E-state index is -0.954. The summed E-state index contributed by atoms with van der Waals surface area (Å²) < 4.78 is 14.5. The van der Waals surface area contributed by atoms with Crippen molar-refractivity contribution in [2.24, 2.45) is 0 Å². The summed E-state index contributed by atoms with van der Waals surface area (Å²) in [6.07, 6.45) is 1.63. The maximum absolute atomic E-state index is 13.5. The Morgan fingerprint density at radius 3 is 2.76 bits per heavy atom. The molecule has 1 heterocycles. The first-order valence-corrected chi connectivity index (χ1v) is 6.21. The summed E-state index contributed by atoms with van der Waals surface area (Å²) in [7, 11) is 0. The van der Waals surface area contributed by atoms with Crippen molar-refractivity contribution in [2.45, 2.75) is 13.0 Å². The fourth-order valence-electron chi connectivity index (χ4n) is 1.66. The van der Waals surface area contributed by atoms with E-state index in [2.05, 4.69) is 27.6 Å². The lowest BCUT2D eigenvalue weighted by molar-refractivity contribution is 0.213. The average Bonchev–Trinajstić information content (AvgIpc) is 2.32. The third-order valence-corrected chi connectivity index (χ3v) is 4.09. The number of nitrogens with zero attached hydrogens (tertiary/aromatic N) is 1. The standard InChI is InChI=1S/C13H11FINO/c1-8-3-2-4-10(12(8)15)13(17)9-5-6-16-7-11(9)14/h2-7,13,17H,1H3. The van der Waals surface area contributed by atoms with Crippen LogP contribution in [0.15, 0.2) is 36.7 Å². The summed E-state index contributed by atoms with van der Waals surface area (Å²) in [6.45, 7) is 1.96. The van der Waals surface area contributed by atoms with Crippen molar-refractivity contribution in [1.82, 2.24) is 4.98 Å². The Hall–Kier alpha value is -1.01. The zero-order chi connectivity index (χ0) is 12.4. The zero-order valence-electron chi connectivity index (χ0n) is 9.19. The van der Waals surface area contributed by atoms with E-state index in [0.717, 1.165) is 20.9 Å². The van der Waals surface area contributed by atoms with Crippen LogP contribution in [0.5, 0.6) is 0 Å². The molecular formula is C13H11FINO. The van der Waals surface area contributed by atoms with E-state index < -0.39 is 11.9 Å². The molecule has 0 aliphatic rings. The topological polar surface area (TPSA) is 33.1 Å². The maximum Gasteiger partial charge on any atom is 0.147 e. The Bertz CT molecular complexity index is 545. The van der Waals surface area contributed by atoms with E-state index in [9.17, 15) is 9.50 Å². The number of rotatable bonds is 2. The minimum absolute atomic E-state index is 0.253. The van der Waals surface area contributed by atoms with Crippen LogP contribution in [0.4, 0.5) is 4.39 Å². The van der Waals surface area contributed by atoms with Crippen LogP contribution in [0, 0.1) is 16.3 Å². The van der Waals surface area contributed by atoms with E-state index in [-0.39, 0.29) is 5.56 Å². The van der Waals surface area contributed by atoms with Gasteiger partial charge in [0.15, 0.2) is 0 Å². The molecule has 0 radical (unpaired) electrons. The molecule has 0 saturated heterocycles. The van der Waals surface area contributed by atoms with Crippen LogP contribution in [0.1, 0.15) is 22.8 Å². The second-order valence-corrected chi connectivity index (χ2v) is 4.86. The molecule has 0 fully saturated rings. The van der Waals surface area contributed by atoms with Gasteiger partial charge in [-0.1, -0.05) is 18.2 Å². The molecule has 1 atom stereocenters. The number of hydrogen-bond donors (Lipinski definition) is 1. The van der Waals surface area contributed by atoms with Gasteiger partial charge in [-0.15, -0.1) is 0 Å². The molecule has 2 aromatic rings. The van der Waals surface area contributed by atoms with Gasteiger partial charge < -0.3 is 5.11 Å². The highest BCUT2D eigenvalue weighted by Crippen LogP contribution is 2.28. The summed E-state index contributed by atoms with van der Waals surface area (Å²) in [6, 6.07) is 7.12. The molecule has 0 saturated carbocycles. The third kappa shape index (κ3) is 2.47. The van der Waals surface area contributed by atoms with E-state index in [1.807, 2.05) is 19.1 Å². The van der Waals surface area contributed by atoms with Gasteiger partial charge in [0.2, 0.25) is 0 Å². The quantitative estimate of drug-likeness (QED) is 0.850. The Kier molecular flexibility index (Phi) is 3.73. The number of halogens is 2. The van der Waals surface area contributed by atoms with Crippen molar-refractivity contribution in [3.05, 3.63) is 62.7 Å². The van der Waals surface area contributed by atoms with Crippen LogP contribution in [-0.4, -0.2) is 10.1 Å². The van der Waals surface area contributed by atoms with Gasteiger partial charge in [0.25, 0.3) is 0 Å². The molecule has 0 amide bonds. The summed E-state index contributed by atoms with van der Waals surface area (Å²) in [5.41, 5.74) is 2.04. The first kappa shape index (κ1) is 12.4. The lowest BCUT2D eigenvalue weighted by atomic mass is 10.0. The molecule has 88 valence electrons. The first-order chi connectivity index (χ1) is 8.11. The van der Waals surface area contributed by atoms with E-state index in [4.69, 9.17) is 0 Å². The van der Waals surface area contributed by atoms with Crippen molar-refractivity contribution in [2.75, 3.05) is 0 Å². The highest BCUT2D eigenvalue weighted by molar-refractivity contribution is 14.1. The molecule has 2 nitrogen and oxygen atoms in total. The predicted octanol–water partition coefficient (Wildman–Crippen LogP) is 3.22. The molecule has 4 heteroatoms. The summed E-state index contributed by atoms with van der Waals surface area (Å²) in [5, 5.41) is 10.2. The molecule has 1 unspecified atom stereocenters. The molecule has 1 N–H and O–H groups in total. The highest BCUT2D eigenvalue weighted by Gasteiger charge is 2.17. The monoisotopic (exact) mass is 343 g/mol. The zero-order valence-corrected chi connectivity index (χ0v) is 11.3. The first-order valence-electron chi connectivity index (χ1n) is 5.13. The number of aliphatic hydroxyl groups excluding tert-OH is 1. The van der Waals surface area contributed by atoms with Crippen LogP contribution in [-0.2, 0) is 0 Å². The van der Waals surface area contributed by atoms with E-state index in [1.54, 1.807) is 6.07 Å². The SMILES string of the molecule is Cc1cccc(C(O)c2ccncc2F)c1I. The van der Waals surface area contributed by atoms with Crippen molar-refractivity contribution >= 4 is 22.6 Å². The van der Waals surface area contributed by atoms with Crippen LogP contribution in [0.3, 0.4) is 0 Å². The second kappa shape index (κ2) is 5.10. The lowest BCUT2D eigenvalue weighted by Crippen LogP contribution is -2.05. The largest absolute Gasteiger partial charge is 0.384 e. The second-order valence-electron chi connectivity index (χ2n) is 3.78. The van der Waals surface area contributed by atoms with Gasteiger partial charge >= 0.3 is 0 Å². The molecule has 0 spiro atoms. The fraction of sp³-hybridized carbons (Fsp3) is 0.154. The number of hydrogen-bond acceptors (Lipinski definition) is 2. The van der Waals surface area contributed by atoms with Crippen LogP contribution >= 0.6 is 22.6 Å². The summed E-state index contributed by atoms with van der Waals surface area (Å²) >= 11 is 2.16. The van der Waals surface area contributed by atoms with Gasteiger partial charge in [-0.2, -0.15) is 0 Å². The highest BCUT2D eigenvalue weighted by atomic mass is 127. The van der Waals surface area contributed by atoms with E-state index in [0.29, 0.717) is 0 Å². The van der Waals surface area contributed by atoms with Gasteiger partial charge in [0.05, 0.1) is 6.20 Å². The van der Waals surface area contributed by atoms with E-state index >= 15 is 0 Å². The Balaban J connectivity index is 2.48. The van der Waals surface area contributed by atoms with Crippen molar-refractivity contribution in [3.8, 4) is 0 Å². The average molecular weight is 343 g/mol. The fourth-order valence-corrected chi connectivity index (χ4v) is 2.31. The summed E-state index contributed by atoms with van der Waals surface area (Å²) in [4.78, 5) is 3.67. The van der Waals surface area contributed by atoms with Gasteiger partial charge in [-0.3, -0.25) is 4.98 Å². The van der Waals surface area contributed by atoms with Gasteiger partial charge in [-0.05, 0) is 46.7 Å². The maximum atomic E-state index is 13.5. The summed E-state index contributed by atoms with van der Waals surface area (Å²) in [5.74, 6) is -0.489. The van der Waals surface area contributed by atoms with Crippen molar-refractivity contribution in [3.63, 3.8) is 0 Å². The third-order valence-electron chi connectivity index (χ3n) is 2.61. The Labute approximate surface area is 113 Å². The van der Waals surface area contributed by atoms with Gasteiger partial charge in [0, 0.05) is 15.3 Å². The minimum Gasteiger partial charge on any atom is -0.384 e. The number of aliphatic hydroxyl groups is 1. The smallest absolute Gasteiger partial charge is 0.147 e. The van der Waals surface area contributed by atoms with Gasteiger partial charge in [-0.25, -0.2) is 4.39 Å². The van der Waals surface area contributed by atoms with Gasteiger partial charge in [0.1, 0.15) is 11.9 Å². The number of pyridine rings is 1. The molecule has 0 aliphatic heterocycles. The van der Waals surface area contributed by atoms with Crippen LogP contribution < -0.4 is 0 Å². The predicted molar refractivity (Wildman–Crippen MR) is 72.2 cm³/mol. The molecule has 0 bridgehead atoms. The lowest BCUT2D eigenvalue weighted by Gasteiger charge is -2.15. The van der Waals surface area contributed by atoms with Crippen molar-refractivity contribution < 1.29 is 9.50 Å². The van der Waals surface area contributed by atoms with Crippen LogP contribution in [0.25, 0.3) is 0 Å². The van der Waals surface area contributed by atoms with E-state index in [1.165, 1.54) is 12.3 Å². The number of aryl methyl sites for hydroxylation is 1. The molecule has 0 aliphatic carbocycles. The molecular weight excluding hydrogens is 332 g/mol. The molecule has 2 rings (SSSR count). The molecule has 17 heavy (non-hydrogen) atoms. The number of aromatic nitrogens is 1. The Morgan fingerprint density at radius 2 is 2.06 bits per heavy atom. The van der Waals surface area contributed by atoms with Crippen LogP contribution in [0.2, 0.25) is 0 Å². The molecule has 1 aromatic heterocycles. The number of benzene rings is 1. The van der Waals surface area contributed by atoms with Crippen molar-refractivity contribution in [1.29, 1.82) is 0 Å².